The van der Waals surface area contributed by atoms with E-state index in [4.69, 9.17) is 14.6 Å². The fourth-order valence-corrected chi connectivity index (χ4v) is 6.42. The number of hydrogen-bond acceptors (Lipinski definition) is 9. The molecule has 0 aliphatic carbocycles. The third kappa shape index (κ3) is 7.51. The minimum Gasteiger partial charge on any atom is -0.494 e. The van der Waals surface area contributed by atoms with Crippen molar-refractivity contribution in [1.29, 1.82) is 0 Å². The molecule has 2 saturated heterocycles. The number of likely N-dealkylation sites (N-methyl/N-ethyl adjacent to an activating group) is 1. The lowest BCUT2D eigenvalue weighted by Gasteiger charge is -2.25. The number of nitrogens with one attached hydrogen (secondary N) is 1. The topological polar surface area (TPSA) is 170 Å². The van der Waals surface area contributed by atoms with Crippen molar-refractivity contribution in [1.82, 2.24) is 29.9 Å². The molecule has 14 nitrogen and oxygen atoms in total. The largest absolute Gasteiger partial charge is 0.494 e. The molecule has 3 aliphatic heterocycles. The number of thiazole rings is 1. The van der Waals surface area contributed by atoms with Crippen molar-refractivity contribution in [3.8, 4) is 5.75 Å². The van der Waals surface area contributed by atoms with Gasteiger partial charge in [0.05, 0.1) is 29.9 Å². The summed E-state index contributed by atoms with van der Waals surface area (Å²) in [6, 6.07) is 6.67. The van der Waals surface area contributed by atoms with Crippen LogP contribution < -0.4 is 10.1 Å². The number of rotatable bonds is 3. The molecule has 0 radical (unpaired) electrons. The van der Waals surface area contributed by atoms with E-state index in [0.717, 1.165) is 15.5 Å². The molecule has 236 valence electrons. The van der Waals surface area contributed by atoms with Crippen molar-refractivity contribution in [3.05, 3.63) is 45.4 Å². The van der Waals surface area contributed by atoms with Crippen LogP contribution in [0.25, 0.3) is 0 Å². The van der Waals surface area contributed by atoms with Gasteiger partial charge in [-0.05, 0) is 44.4 Å². The molecular formula is C29H36N6O8S. The lowest BCUT2D eigenvalue weighted by Crippen LogP contribution is -2.47. The Kier molecular flexibility index (Phi) is 10.5. The third-order valence-electron chi connectivity index (χ3n) is 7.64. The Balaban J connectivity index is 0.00000141. The molecule has 0 saturated carbocycles. The van der Waals surface area contributed by atoms with Crippen LogP contribution in [0.15, 0.2) is 24.3 Å². The Bertz CT molecular complexity index is 1430. The van der Waals surface area contributed by atoms with E-state index in [-0.39, 0.29) is 56.3 Å². The van der Waals surface area contributed by atoms with Gasteiger partial charge in [-0.1, -0.05) is 12.1 Å². The highest BCUT2D eigenvalue weighted by atomic mass is 32.1. The molecule has 0 spiro atoms. The Morgan fingerprint density at radius 3 is 2.55 bits per heavy atom. The second-order valence-corrected chi connectivity index (χ2v) is 12.0. The summed E-state index contributed by atoms with van der Waals surface area (Å²) >= 11 is 1.32. The summed E-state index contributed by atoms with van der Waals surface area (Å²) in [6.45, 7) is 4.18. The van der Waals surface area contributed by atoms with E-state index in [1.165, 1.54) is 23.3 Å². The number of hydrogen-bond donors (Lipinski definition) is 2. The number of ether oxygens (including phenoxy) is 1. The molecule has 2 aromatic rings. The molecule has 2 atom stereocenters. The van der Waals surface area contributed by atoms with Gasteiger partial charge in [0.15, 0.2) is 0 Å². The van der Waals surface area contributed by atoms with E-state index in [1.807, 2.05) is 31.2 Å². The van der Waals surface area contributed by atoms with Gasteiger partial charge in [-0.2, -0.15) is 0 Å². The summed E-state index contributed by atoms with van der Waals surface area (Å²) in [7, 11) is 1.51. The molecule has 1 aromatic carbocycles. The number of benzene rings is 1. The van der Waals surface area contributed by atoms with Crippen LogP contribution in [0.3, 0.4) is 0 Å². The first-order valence-electron chi connectivity index (χ1n) is 14.2. The maximum Gasteiger partial charge on any atom is 0.327 e. The molecular weight excluding hydrogens is 592 g/mol. The first kappa shape index (κ1) is 32.4. The van der Waals surface area contributed by atoms with Gasteiger partial charge in [-0.3, -0.25) is 28.9 Å². The number of carbonyl (C=O) groups is 6. The normalized spacial score (nSPS) is 20.7. The van der Waals surface area contributed by atoms with Crippen LogP contribution in [-0.4, -0.2) is 125 Å². The average Bonchev–Trinajstić information content (AvgIpc) is 3.62. The van der Waals surface area contributed by atoms with Gasteiger partial charge in [-0.15, -0.1) is 11.3 Å². The minimum atomic E-state index is -0.504. The fourth-order valence-electron chi connectivity index (χ4n) is 5.53. The van der Waals surface area contributed by atoms with Crippen LogP contribution in [0, 0.1) is 13.8 Å². The zero-order chi connectivity index (χ0) is 32.0. The van der Waals surface area contributed by atoms with Crippen molar-refractivity contribution >= 4 is 47.5 Å². The Morgan fingerprint density at radius 1 is 1.14 bits per heavy atom. The number of aromatic nitrogens is 1. The van der Waals surface area contributed by atoms with Gasteiger partial charge in [0.25, 0.3) is 18.3 Å². The molecule has 1 aromatic heterocycles. The lowest BCUT2D eigenvalue weighted by atomic mass is 9.94. The number of amides is 6. The molecule has 2 fully saturated rings. The number of carbonyl (C=O) groups excluding carboxylic acids is 5. The summed E-state index contributed by atoms with van der Waals surface area (Å²) in [5.41, 5.74) is 1.54. The molecule has 15 heteroatoms. The first-order valence-corrected chi connectivity index (χ1v) is 15.0. The number of urea groups is 1. The highest BCUT2D eigenvalue weighted by Crippen LogP contribution is 2.31. The van der Waals surface area contributed by atoms with E-state index in [0.29, 0.717) is 48.9 Å². The predicted octanol–water partition coefficient (Wildman–Crippen LogP) is 1.08. The summed E-state index contributed by atoms with van der Waals surface area (Å²) < 4.78 is 5.99. The molecule has 3 aliphatic rings. The fraction of sp³-hybridized carbons (Fsp3) is 0.483. The zero-order valence-electron chi connectivity index (χ0n) is 24.9. The third-order valence-corrected chi connectivity index (χ3v) is 8.70. The molecule has 6 amide bonds. The Labute approximate surface area is 258 Å². The highest BCUT2D eigenvalue weighted by molar-refractivity contribution is 7.13. The van der Waals surface area contributed by atoms with E-state index in [2.05, 4.69) is 10.3 Å². The number of likely N-dealkylation sites (tertiary alicyclic amines) is 1. The van der Waals surface area contributed by atoms with Gasteiger partial charge in [0.2, 0.25) is 11.8 Å². The van der Waals surface area contributed by atoms with Crippen LogP contribution in [0.2, 0.25) is 0 Å². The number of imide groups is 1. The summed E-state index contributed by atoms with van der Waals surface area (Å²) in [6.07, 6.45) is 1.36. The van der Waals surface area contributed by atoms with Gasteiger partial charge >= 0.3 is 6.03 Å². The van der Waals surface area contributed by atoms with E-state index < -0.39 is 18.0 Å². The summed E-state index contributed by atoms with van der Waals surface area (Å²) in [5, 5.41) is 10.7. The first-order chi connectivity index (χ1) is 21.0. The van der Waals surface area contributed by atoms with E-state index >= 15 is 0 Å². The number of fused-ring (bicyclic) bond motifs is 4. The molecule has 2 bridgehead atoms. The lowest BCUT2D eigenvalue weighted by molar-refractivity contribution is -0.135. The monoisotopic (exact) mass is 628 g/mol. The Hall–Kier alpha value is -4.53. The Morgan fingerprint density at radius 2 is 1.89 bits per heavy atom. The average molecular weight is 629 g/mol. The van der Waals surface area contributed by atoms with Gasteiger partial charge in [0.1, 0.15) is 23.7 Å². The summed E-state index contributed by atoms with van der Waals surface area (Å²) in [4.78, 5) is 83.3. The summed E-state index contributed by atoms with van der Waals surface area (Å²) in [5.74, 6) is -0.907. The molecule has 44 heavy (non-hydrogen) atoms. The minimum absolute atomic E-state index is 0.0595. The van der Waals surface area contributed by atoms with Crippen LogP contribution in [0.1, 0.15) is 44.7 Å². The van der Waals surface area contributed by atoms with Crippen molar-refractivity contribution in [2.75, 3.05) is 52.9 Å². The highest BCUT2D eigenvalue weighted by Gasteiger charge is 2.41. The van der Waals surface area contributed by atoms with Gasteiger partial charge in [-0.25, -0.2) is 9.78 Å². The van der Waals surface area contributed by atoms with Crippen molar-refractivity contribution < 1.29 is 38.6 Å². The maximum absolute atomic E-state index is 13.4. The zero-order valence-corrected chi connectivity index (χ0v) is 25.7. The predicted molar refractivity (Wildman–Crippen MR) is 158 cm³/mol. The van der Waals surface area contributed by atoms with Crippen molar-refractivity contribution in [2.24, 2.45) is 0 Å². The van der Waals surface area contributed by atoms with Crippen molar-refractivity contribution in [3.63, 3.8) is 0 Å². The maximum atomic E-state index is 13.4. The standard InChI is InChI=1S/C28H34N6O6S.CH2O2/c1-17-26(41-18(2)29-17)27(38)32-9-4-5-10-40-20-8-6-7-19(11-20)21-12-33(13-22(21)30-23(35)14-32)24(36)16-34-25(37)15-31(3)28(34)39;2-1-3/h6-8,11,21-22H,4-5,9-10,12-16H2,1-3H3,(H,30,35);1H,(H,2,3)/t21-,22+;/m1./s1. The van der Waals surface area contributed by atoms with Crippen LogP contribution in [0.5, 0.6) is 5.75 Å². The molecule has 0 unspecified atom stereocenters. The van der Waals surface area contributed by atoms with Gasteiger partial charge in [0, 0.05) is 32.6 Å². The van der Waals surface area contributed by atoms with Crippen molar-refractivity contribution in [2.45, 2.75) is 38.6 Å². The number of carboxylic acid groups (broad SMARTS) is 1. The molecule has 4 heterocycles. The molecule has 2 N–H and O–H groups in total. The van der Waals surface area contributed by atoms with Gasteiger partial charge < -0.3 is 29.9 Å². The van der Waals surface area contributed by atoms with E-state index in [1.54, 1.807) is 16.7 Å². The second kappa shape index (κ2) is 14.3. The molecule has 5 rings (SSSR count). The second-order valence-electron chi connectivity index (χ2n) is 10.8. The van der Waals surface area contributed by atoms with E-state index in [9.17, 15) is 24.0 Å². The van der Waals surface area contributed by atoms with Crippen LogP contribution in [-0.2, 0) is 19.2 Å². The van der Waals surface area contributed by atoms with Crippen LogP contribution in [0.4, 0.5) is 4.79 Å². The SMILES string of the molecule is Cc1nc(C)c(C(=O)N2CCCCOc3cccc(c3)[C@H]3CN(C(=O)CN4C(=O)CN(C)C4=O)C[C@@H]3NC(=O)C2)s1.O=CO. The van der Waals surface area contributed by atoms with Crippen LogP contribution >= 0.6 is 11.3 Å². The quantitative estimate of drug-likeness (QED) is 0.373. The number of aryl methyl sites for hydroxylation is 2. The smallest absolute Gasteiger partial charge is 0.327 e. The number of nitrogens with zero attached hydrogens (tertiary/aromatic N) is 5.